The number of methoxy groups -OCH3 is 1. The maximum absolute atomic E-state index is 13.6. The first-order chi connectivity index (χ1) is 12.9. The lowest BCUT2D eigenvalue weighted by atomic mass is 9.99. The van der Waals surface area contributed by atoms with E-state index in [-0.39, 0.29) is 35.7 Å². The van der Waals surface area contributed by atoms with Crippen molar-refractivity contribution in [3.8, 4) is 5.75 Å². The first kappa shape index (κ1) is 20.0. The molecule has 2 fully saturated rings. The van der Waals surface area contributed by atoms with Crippen LogP contribution in [0, 0.1) is 11.7 Å². The van der Waals surface area contributed by atoms with E-state index in [0.29, 0.717) is 26.0 Å². The zero-order chi connectivity index (χ0) is 19.4. The Labute approximate surface area is 158 Å². The van der Waals surface area contributed by atoms with Gasteiger partial charge in [-0.25, -0.2) is 12.8 Å². The standard InChI is InChI=1S/C18H25FN2O5S/c1-25-16-7-6-14(19)10-17(16)27(23,24)21-8-2-4-13(12-21)18(22)20-11-15-5-3-9-26-15/h6-7,10,13,15H,2-5,8-9,11-12H2,1H3,(H,20,22)/t13-,15+/m1/s1. The number of hydrogen-bond acceptors (Lipinski definition) is 5. The number of carbonyl (C=O) groups is 1. The van der Waals surface area contributed by atoms with Gasteiger partial charge in [0.1, 0.15) is 16.5 Å². The van der Waals surface area contributed by atoms with Crippen LogP contribution in [0.2, 0.25) is 0 Å². The van der Waals surface area contributed by atoms with Crippen molar-refractivity contribution < 1.29 is 27.1 Å². The minimum absolute atomic E-state index is 0.0360. The number of amides is 1. The van der Waals surface area contributed by atoms with Gasteiger partial charge in [0.05, 0.1) is 19.1 Å². The molecule has 1 aromatic carbocycles. The summed E-state index contributed by atoms with van der Waals surface area (Å²) < 4.78 is 51.4. The van der Waals surface area contributed by atoms with Crippen molar-refractivity contribution in [2.45, 2.75) is 36.7 Å². The largest absolute Gasteiger partial charge is 0.495 e. The third-order valence-electron chi connectivity index (χ3n) is 5.03. The Morgan fingerprint density at radius 3 is 2.89 bits per heavy atom. The van der Waals surface area contributed by atoms with Crippen LogP contribution in [0.25, 0.3) is 0 Å². The molecule has 7 nitrogen and oxygen atoms in total. The van der Waals surface area contributed by atoms with Gasteiger partial charge in [-0.05, 0) is 43.9 Å². The molecule has 2 aliphatic heterocycles. The van der Waals surface area contributed by atoms with Crippen molar-refractivity contribution in [3.63, 3.8) is 0 Å². The molecule has 9 heteroatoms. The van der Waals surface area contributed by atoms with Crippen molar-refractivity contribution in [2.24, 2.45) is 5.92 Å². The topological polar surface area (TPSA) is 84.9 Å². The summed E-state index contributed by atoms with van der Waals surface area (Å²) in [5.41, 5.74) is 0. The van der Waals surface area contributed by atoms with E-state index in [1.807, 2.05) is 0 Å². The van der Waals surface area contributed by atoms with Gasteiger partial charge in [0.2, 0.25) is 15.9 Å². The molecule has 2 aliphatic rings. The Morgan fingerprint density at radius 2 is 2.19 bits per heavy atom. The van der Waals surface area contributed by atoms with Gasteiger partial charge in [0, 0.05) is 26.2 Å². The van der Waals surface area contributed by atoms with Crippen molar-refractivity contribution in [1.29, 1.82) is 0 Å². The zero-order valence-corrected chi connectivity index (χ0v) is 16.1. The number of halogens is 1. The van der Waals surface area contributed by atoms with Gasteiger partial charge in [-0.15, -0.1) is 0 Å². The van der Waals surface area contributed by atoms with E-state index in [2.05, 4.69) is 5.32 Å². The molecule has 2 atom stereocenters. The highest BCUT2D eigenvalue weighted by Gasteiger charge is 2.35. The summed E-state index contributed by atoms with van der Waals surface area (Å²) in [7, 11) is -2.62. The predicted molar refractivity (Wildman–Crippen MR) is 96.4 cm³/mol. The highest BCUT2D eigenvalue weighted by atomic mass is 32.2. The normalized spacial score (nSPS) is 23.9. The molecule has 1 amide bonds. The lowest BCUT2D eigenvalue weighted by Gasteiger charge is -2.31. The molecule has 0 spiro atoms. The molecular formula is C18H25FN2O5S. The number of benzene rings is 1. The maximum Gasteiger partial charge on any atom is 0.246 e. The van der Waals surface area contributed by atoms with Crippen molar-refractivity contribution in [3.05, 3.63) is 24.0 Å². The van der Waals surface area contributed by atoms with Gasteiger partial charge in [-0.3, -0.25) is 4.79 Å². The van der Waals surface area contributed by atoms with Crippen LogP contribution in [0.1, 0.15) is 25.7 Å². The summed E-state index contributed by atoms with van der Waals surface area (Å²) >= 11 is 0. The van der Waals surface area contributed by atoms with Crippen LogP contribution < -0.4 is 10.1 Å². The SMILES string of the molecule is COc1ccc(F)cc1S(=O)(=O)N1CCC[C@@H](C(=O)NC[C@@H]2CCCO2)C1. The smallest absolute Gasteiger partial charge is 0.246 e. The van der Waals surface area contributed by atoms with E-state index in [9.17, 15) is 17.6 Å². The van der Waals surface area contributed by atoms with E-state index in [4.69, 9.17) is 9.47 Å². The number of hydrogen-bond donors (Lipinski definition) is 1. The number of sulfonamides is 1. The van der Waals surface area contributed by atoms with Gasteiger partial charge in [-0.2, -0.15) is 4.31 Å². The molecule has 0 bridgehead atoms. The molecule has 0 unspecified atom stereocenters. The first-order valence-electron chi connectivity index (χ1n) is 9.15. The molecule has 0 saturated carbocycles. The number of carbonyl (C=O) groups excluding carboxylic acids is 1. The Bertz CT molecular complexity index is 780. The van der Waals surface area contributed by atoms with E-state index >= 15 is 0 Å². The highest BCUT2D eigenvalue weighted by Crippen LogP contribution is 2.30. The molecule has 2 heterocycles. The van der Waals surface area contributed by atoms with Crippen LogP contribution in [-0.4, -0.2) is 58.1 Å². The Balaban J connectivity index is 1.69. The second-order valence-electron chi connectivity index (χ2n) is 6.88. The Hall–Kier alpha value is -1.71. The minimum Gasteiger partial charge on any atom is -0.495 e. The van der Waals surface area contributed by atoms with Crippen LogP contribution >= 0.6 is 0 Å². The Kier molecular flexibility index (Phi) is 6.33. The van der Waals surface area contributed by atoms with Crippen molar-refractivity contribution >= 4 is 15.9 Å². The quantitative estimate of drug-likeness (QED) is 0.783. The van der Waals surface area contributed by atoms with E-state index in [0.717, 1.165) is 25.0 Å². The molecule has 1 N–H and O–H groups in total. The summed E-state index contributed by atoms with van der Waals surface area (Å²) in [6.07, 6.45) is 3.13. The molecule has 150 valence electrons. The second-order valence-corrected chi connectivity index (χ2v) is 8.78. The molecule has 0 aromatic heterocycles. The third kappa shape index (κ3) is 4.59. The summed E-state index contributed by atoms with van der Waals surface area (Å²) in [6, 6.07) is 3.39. The lowest BCUT2D eigenvalue weighted by Crippen LogP contribution is -2.46. The van der Waals surface area contributed by atoms with Gasteiger partial charge in [0.25, 0.3) is 0 Å². The van der Waals surface area contributed by atoms with Gasteiger partial charge in [-0.1, -0.05) is 0 Å². The van der Waals surface area contributed by atoms with E-state index < -0.39 is 21.8 Å². The van der Waals surface area contributed by atoms with E-state index in [1.165, 1.54) is 17.5 Å². The van der Waals surface area contributed by atoms with Gasteiger partial charge < -0.3 is 14.8 Å². The van der Waals surface area contributed by atoms with Crippen molar-refractivity contribution in [1.82, 2.24) is 9.62 Å². The van der Waals surface area contributed by atoms with Crippen LogP contribution in [0.4, 0.5) is 4.39 Å². The van der Waals surface area contributed by atoms with Crippen LogP contribution in [0.3, 0.4) is 0 Å². The average Bonchev–Trinajstić information content (AvgIpc) is 3.19. The fourth-order valence-corrected chi connectivity index (χ4v) is 5.22. The average molecular weight is 400 g/mol. The number of ether oxygens (including phenoxy) is 2. The Morgan fingerprint density at radius 1 is 1.37 bits per heavy atom. The number of rotatable bonds is 6. The molecule has 0 radical (unpaired) electrons. The number of nitrogens with zero attached hydrogens (tertiary/aromatic N) is 1. The fraction of sp³-hybridized carbons (Fsp3) is 0.611. The van der Waals surface area contributed by atoms with Crippen LogP contribution in [0.15, 0.2) is 23.1 Å². The summed E-state index contributed by atoms with van der Waals surface area (Å²) in [6.45, 7) is 1.52. The zero-order valence-electron chi connectivity index (χ0n) is 15.3. The molecule has 1 aromatic rings. The summed E-state index contributed by atoms with van der Waals surface area (Å²) in [5, 5.41) is 2.87. The van der Waals surface area contributed by atoms with Gasteiger partial charge >= 0.3 is 0 Å². The van der Waals surface area contributed by atoms with Crippen molar-refractivity contribution in [2.75, 3.05) is 33.4 Å². The second kappa shape index (κ2) is 8.53. The highest BCUT2D eigenvalue weighted by molar-refractivity contribution is 7.89. The minimum atomic E-state index is -3.96. The monoisotopic (exact) mass is 400 g/mol. The molecular weight excluding hydrogens is 375 g/mol. The summed E-state index contributed by atoms with van der Waals surface area (Å²) in [4.78, 5) is 12.3. The summed E-state index contributed by atoms with van der Waals surface area (Å²) in [5.74, 6) is -1.18. The van der Waals surface area contributed by atoms with Crippen LogP contribution in [-0.2, 0) is 19.6 Å². The first-order valence-corrected chi connectivity index (χ1v) is 10.6. The molecule has 0 aliphatic carbocycles. The predicted octanol–water partition coefficient (Wildman–Crippen LogP) is 1.53. The number of nitrogens with one attached hydrogen (secondary N) is 1. The fourth-order valence-electron chi connectivity index (χ4n) is 3.53. The molecule has 2 saturated heterocycles. The van der Waals surface area contributed by atoms with E-state index in [1.54, 1.807) is 0 Å². The number of piperidine rings is 1. The molecule has 3 rings (SSSR count). The molecule has 27 heavy (non-hydrogen) atoms. The lowest BCUT2D eigenvalue weighted by molar-refractivity contribution is -0.126. The van der Waals surface area contributed by atoms with Gasteiger partial charge in [0.15, 0.2) is 0 Å². The third-order valence-corrected chi connectivity index (χ3v) is 6.91. The maximum atomic E-state index is 13.6. The van der Waals surface area contributed by atoms with Crippen LogP contribution in [0.5, 0.6) is 5.75 Å².